The second kappa shape index (κ2) is 4.05. The van der Waals surface area contributed by atoms with Gasteiger partial charge in [0, 0.05) is 13.5 Å². The van der Waals surface area contributed by atoms with Crippen LogP contribution in [-0.4, -0.2) is 24.8 Å². The molecule has 1 aliphatic rings. The number of carbonyl (C=O) groups excluding carboxylic acids is 2. The van der Waals surface area contributed by atoms with E-state index in [4.69, 9.17) is 4.74 Å². The predicted octanol–water partition coefficient (Wildman–Crippen LogP) is 1.52. The van der Waals surface area contributed by atoms with Crippen molar-refractivity contribution in [3.8, 4) is 0 Å². The summed E-state index contributed by atoms with van der Waals surface area (Å²) in [5, 5.41) is 0. The lowest BCUT2D eigenvalue weighted by molar-refractivity contribution is -0.144. The Bertz CT molecular complexity index is 270. The summed E-state index contributed by atoms with van der Waals surface area (Å²) in [4.78, 5) is 23.3. The van der Waals surface area contributed by atoms with Gasteiger partial charge in [-0.3, -0.25) is 9.59 Å². The summed E-state index contributed by atoms with van der Waals surface area (Å²) in [6.07, 6.45) is 2.91. The van der Waals surface area contributed by atoms with Crippen LogP contribution < -0.4 is 0 Å². The van der Waals surface area contributed by atoms with E-state index in [2.05, 4.69) is 6.58 Å². The average Bonchev–Trinajstić information content (AvgIpc) is 2.51. The summed E-state index contributed by atoms with van der Waals surface area (Å²) in [6.45, 7) is 5.07. The Morgan fingerprint density at radius 1 is 1.71 bits per heavy atom. The zero-order chi connectivity index (χ0) is 10.8. The van der Waals surface area contributed by atoms with Crippen molar-refractivity contribution in [1.82, 2.24) is 0 Å². The van der Waals surface area contributed by atoms with E-state index in [1.54, 1.807) is 6.08 Å². The summed E-state index contributed by atoms with van der Waals surface area (Å²) in [6, 6.07) is 0. The lowest BCUT2D eigenvalue weighted by Crippen LogP contribution is -2.44. The molecule has 0 N–H and O–H groups in total. The molecular formula is C11H16O3. The fourth-order valence-electron chi connectivity index (χ4n) is 2.26. The standard InChI is InChI=1S/C11H16O3/c1-4-10(14-3)11(8(2)12)7-5-6-9(11)13/h4,10H,1,5-7H2,2-3H3. The van der Waals surface area contributed by atoms with Gasteiger partial charge in [-0.1, -0.05) is 6.08 Å². The van der Waals surface area contributed by atoms with Crippen molar-refractivity contribution < 1.29 is 14.3 Å². The Labute approximate surface area is 84.1 Å². The van der Waals surface area contributed by atoms with E-state index >= 15 is 0 Å². The van der Waals surface area contributed by atoms with Crippen molar-refractivity contribution in [1.29, 1.82) is 0 Å². The third-order valence-corrected chi connectivity index (χ3v) is 3.05. The van der Waals surface area contributed by atoms with Gasteiger partial charge in [-0.2, -0.15) is 0 Å². The molecule has 0 radical (unpaired) electrons. The van der Waals surface area contributed by atoms with Gasteiger partial charge in [0.05, 0.1) is 6.10 Å². The number of ether oxygens (including phenoxy) is 1. The minimum Gasteiger partial charge on any atom is -0.376 e. The van der Waals surface area contributed by atoms with Crippen LogP contribution in [0.5, 0.6) is 0 Å². The van der Waals surface area contributed by atoms with E-state index in [0.717, 1.165) is 6.42 Å². The normalized spacial score (nSPS) is 28.9. The van der Waals surface area contributed by atoms with Crippen LogP contribution >= 0.6 is 0 Å². The number of hydrogen-bond donors (Lipinski definition) is 0. The van der Waals surface area contributed by atoms with Crippen molar-refractivity contribution in [3.05, 3.63) is 12.7 Å². The molecule has 0 aromatic rings. The van der Waals surface area contributed by atoms with Gasteiger partial charge < -0.3 is 4.74 Å². The molecule has 0 aromatic heterocycles. The Balaban J connectivity index is 3.09. The second-order valence-corrected chi connectivity index (χ2v) is 3.70. The Morgan fingerprint density at radius 3 is 2.64 bits per heavy atom. The Kier molecular flexibility index (Phi) is 3.21. The molecule has 2 unspecified atom stereocenters. The molecule has 2 atom stereocenters. The first kappa shape index (κ1) is 11.1. The predicted molar refractivity (Wildman–Crippen MR) is 53.0 cm³/mol. The maximum absolute atomic E-state index is 11.7. The molecule has 0 saturated heterocycles. The molecule has 0 aliphatic heterocycles. The molecule has 0 bridgehead atoms. The van der Waals surface area contributed by atoms with Crippen LogP contribution in [0.4, 0.5) is 0 Å². The molecule has 3 nitrogen and oxygen atoms in total. The van der Waals surface area contributed by atoms with E-state index in [1.165, 1.54) is 14.0 Å². The number of ketones is 2. The van der Waals surface area contributed by atoms with Crippen LogP contribution in [0.1, 0.15) is 26.2 Å². The summed E-state index contributed by atoms with van der Waals surface area (Å²) < 4.78 is 5.16. The highest BCUT2D eigenvalue weighted by Gasteiger charge is 2.51. The molecule has 1 fully saturated rings. The quantitative estimate of drug-likeness (QED) is 0.505. The van der Waals surface area contributed by atoms with E-state index in [-0.39, 0.29) is 11.6 Å². The molecule has 1 aliphatic carbocycles. The maximum atomic E-state index is 11.7. The van der Waals surface area contributed by atoms with Crippen LogP contribution in [0.2, 0.25) is 0 Å². The topological polar surface area (TPSA) is 43.4 Å². The lowest BCUT2D eigenvalue weighted by Gasteiger charge is -2.30. The first-order valence-corrected chi connectivity index (χ1v) is 4.79. The molecule has 0 heterocycles. The summed E-state index contributed by atoms with van der Waals surface area (Å²) in [5.41, 5.74) is -0.948. The molecule has 1 saturated carbocycles. The van der Waals surface area contributed by atoms with Gasteiger partial charge in [-0.25, -0.2) is 0 Å². The van der Waals surface area contributed by atoms with E-state index in [9.17, 15) is 9.59 Å². The fourth-order valence-corrected chi connectivity index (χ4v) is 2.26. The molecular weight excluding hydrogens is 180 g/mol. The number of Topliss-reactive ketones (excluding diaryl/α,β-unsaturated/α-hetero) is 2. The van der Waals surface area contributed by atoms with Crippen LogP contribution in [0.15, 0.2) is 12.7 Å². The van der Waals surface area contributed by atoms with Gasteiger partial charge in [-0.15, -0.1) is 6.58 Å². The van der Waals surface area contributed by atoms with Gasteiger partial charge in [0.2, 0.25) is 0 Å². The number of hydrogen-bond acceptors (Lipinski definition) is 3. The highest BCUT2D eigenvalue weighted by Crippen LogP contribution is 2.40. The third kappa shape index (κ3) is 1.42. The highest BCUT2D eigenvalue weighted by molar-refractivity contribution is 6.08. The molecule has 0 spiro atoms. The van der Waals surface area contributed by atoms with E-state index in [1.807, 2.05) is 0 Å². The van der Waals surface area contributed by atoms with Crippen molar-refractivity contribution in [3.63, 3.8) is 0 Å². The van der Waals surface area contributed by atoms with Gasteiger partial charge in [-0.05, 0) is 19.8 Å². The van der Waals surface area contributed by atoms with Gasteiger partial charge in [0.25, 0.3) is 0 Å². The zero-order valence-electron chi connectivity index (χ0n) is 8.71. The number of carbonyl (C=O) groups is 2. The van der Waals surface area contributed by atoms with Crippen LogP contribution in [0.3, 0.4) is 0 Å². The third-order valence-electron chi connectivity index (χ3n) is 3.05. The van der Waals surface area contributed by atoms with E-state index < -0.39 is 11.5 Å². The maximum Gasteiger partial charge on any atom is 0.149 e. The Morgan fingerprint density at radius 2 is 2.36 bits per heavy atom. The molecule has 0 amide bonds. The second-order valence-electron chi connectivity index (χ2n) is 3.70. The van der Waals surface area contributed by atoms with Gasteiger partial charge >= 0.3 is 0 Å². The average molecular weight is 196 g/mol. The van der Waals surface area contributed by atoms with Crippen LogP contribution in [0, 0.1) is 5.41 Å². The molecule has 0 aromatic carbocycles. The van der Waals surface area contributed by atoms with Crippen molar-refractivity contribution in [2.75, 3.05) is 7.11 Å². The van der Waals surface area contributed by atoms with E-state index in [0.29, 0.717) is 12.8 Å². The lowest BCUT2D eigenvalue weighted by atomic mass is 9.76. The number of rotatable bonds is 4. The van der Waals surface area contributed by atoms with Crippen LogP contribution in [-0.2, 0) is 14.3 Å². The minimum absolute atomic E-state index is 0.00301. The summed E-state index contributed by atoms with van der Waals surface area (Å²) in [7, 11) is 1.50. The molecule has 3 heteroatoms. The largest absolute Gasteiger partial charge is 0.376 e. The first-order valence-electron chi connectivity index (χ1n) is 4.79. The minimum atomic E-state index is -0.948. The highest BCUT2D eigenvalue weighted by atomic mass is 16.5. The zero-order valence-corrected chi connectivity index (χ0v) is 8.71. The molecule has 78 valence electrons. The molecule has 1 rings (SSSR count). The fraction of sp³-hybridized carbons (Fsp3) is 0.636. The first-order chi connectivity index (χ1) is 6.59. The summed E-state index contributed by atoms with van der Waals surface area (Å²) >= 11 is 0. The van der Waals surface area contributed by atoms with Crippen molar-refractivity contribution in [2.45, 2.75) is 32.3 Å². The Hall–Kier alpha value is -0.960. The van der Waals surface area contributed by atoms with Crippen LogP contribution in [0.25, 0.3) is 0 Å². The number of methoxy groups -OCH3 is 1. The van der Waals surface area contributed by atoms with Gasteiger partial charge in [0.1, 0.15) is 17.0 Å². The SMILES string of the molecule is C=CC(OC)C1(C(C)=O)CCCC1=O. The van der Waals surface area contributed by atoms with Crippen molar-refractivity contribution >= 4 is 11.6 Å². The van der Waals surface area contributed by atoms with Gasteiger partial charge in [0.15, 0.2) is 0 Å². The summed E-state index contributed by atoms with van der Waals surface area (Å²) in [5.74, 6) is -0.108. The molecule has 14 heavy (non-hydrogen) atoms. The monoisotopic (exact) mass is 196 g/mol. The van der Waals surface area contributed by atoms with Crippen molar-refractivity contribution in [2.24, 2.45) is 5.41 Å². The smallest absolute Gasteiger partial charge is 0.149 e.